The van der Waals surface area contributed by atoms with E-state index in [4.69, 9.17) is 23.2 Å². The Kier molecular flexibility index (Phi) is 3.48. The van der Waals surface area contributed by atoms with Crippen LogP contribution in [0.5, 0.6) is 0 Å². The second-order valence-electron chi connectivity index (χ2n) is 3.86. The highest BCUT2D eigenvalue weighted by Gasteiger charge is 2.42. The van der Waals surface area contributed by atoms with Crippen LogP contribution in [0.15, 0.2) is 16.6 Å². The third kappa shape index (κ3) is 2.21. The highest BCUT2D eigenvalue weighted by Crippen LogP contribution is 2.36. The van der Waals surface area contributed by atoms with E-state index >= 15 is 0 Å². The normalized spacial score (nSPS) is 24.0. The second-order valence-corrected chi connectivity index (χ2v) is 5.59. The van der Waals surface area contributed by atoms with Crippen LogP contribution in [-0.4, -0.2) is 17.2 Å². The first-order valence-corrected chi connectivity index (χ1v) is 6.47. The van der Waals surface area contributed by atoms with Crippen molar-refractivity contribution in [3.63, 3.8) is 0 Å². The fraction of sp³-hybridized carbons (Fsp3) is 0.273. The van der Waals surface area contributed by atoms with E-state index in [1.165, 1.54) is 0 Å². The molecular weight excluding hydrogens is 329 g/mol. The summed E-state index contributed by atoms with van der Waals surface area (Å²) in [5.41, 5.74) is 1.52. The van der Waals surface area contributed by atoms with Crippen molar-refractivity contribution >= 4 is 50.9 Å². The Bertz CT molecular complexity index is 518. The van der Waals surface area contributed by atoms with Crippen LogP contribution in [0.25, 0.3) is 0 Å². The summed E-state index contributed by atoms with van der Waals surface area (Å²) in [4.78, 5) is 23.0. The van der Waals surface area contributed by atoms with Gasteiger partial charge < -0.3 is 0 Å². The summed E-state index contributed by atoms with van der Waals surface area (Å²) in [7, 11) is 0. The minimum atomic E-state index is -0.891. The number of imide groups is 1. The van der Waals surface area contributed by atoms with Gasteiger partial charge in [-0.15, -0.1) is 11.6 Å². The van der Waals surface area contributed by atoms with Crippen molar-refractivity contribution in [1.82, 2.24) is 5.32 Å². The van der Waals surface area contributed by atoms with Crippen molar-refractivity contribution in [1.29, 1.82) is 0 Å². The first kappa shape index (κ1) is 12.9. The largest absolute Gasteiger partial charge is 0.295 e. The molecule has 0 bridgehead atoms. The number of nitrogens with one attached hydrogen (secondary N) is 1. The van der Waals surface area contributed by atoms with E-state index in [-0.39, 0.29) is 0 Å². The third-order valence-electron chi connectivity index (χ3n) is 2.69. The van der Waals surface area contributed by atoms with E-state index in [1.807, 2.05) is 6.92 Å². The lowest BCUT2D eigenvalue weighted by Crippen LogP contribution is -2.22. The molecule has 2 atom stereocenters. The van der Waals surface area contributed by atoms with Gasteiger partial charge in [-0.3, -0.25) is 14.9 Å². The van der Waals surface area contributed by atoms with Crippen LogP contribution >= 0.6 is 39.1 Å². The van der Waals surface area contributed by atoms with E-state index < -0.39 is 23.1 Å². The highest BCUT2D eigenvalue weighted by atomic mass is 79.9. The Morgan fingerprint density at radius 3 is 2.47 bits per heavy atom. The Labute approximate surface area is 117 Å². The van der Waals surface area contributed by atoms with Gasteiger partial charge in [0, 0.05) is 9.50 Å². The summed E-state index contributed by atoms with van der Waals surface area (Å²) in [5.74, 6) is -1.56. The van der Waals surface area contributed by atoms with E-state index in [0.717, 1.165) is 10.0 Å². The quantitative estimate of drug-likeness (QED) is 0.633. The monoisotopic (exact) mass is 335 g/mol. The Morgan fingerprint density at radius 1 is 1.29 bits per heavy atom. The zero-order chi connectivity index (χ0) is 12.7. The zero-order valence-electron chi connectivity index (χ0n) is 8.76. The molecule has 90 valence electrons. The van der Waals surface area contributed by atoms with Crippen molar-refractivity contribution < 1.29 is 9.59 Å². The van der Waals surface area contributed by atoms with Gasteiger partial charge in [0.1, 0.15) is 5.38 Å². The second kappa shape index (κ2) is 4.59. The lowest BCUT2D eigenvalue weighted by Gasteiger charge is -2.13. The number of halogens is 3. The fourth-order valence-corrected chi connectivity index (χ4v) is 2.93. The number of hydrogen-bond donors (Lipinski definition) is 1. The summed E-state index contributed by atoms with van der Waals surface area (Å²) < 4.78 is 0.722. The zero-order valence-corrected chi connectivity index (χ0v) is 11.9. The van der Waals surface area contributed by atoms with Crippen molar-refractivity contribution in [3.05, 3.63) is 32.8 Å². The first-order chi connectivity index (χ1) is 7.91. The molecule has 6 heteroatoms. The third-order valence-corrected chi connectivity index (χ3v) is 4.23. The van der Waals surface area contributed by atoms with E-state index in [9.17, 15) is 9.59 Å². The number of alkyl halides is 1. The number of aryl methyl sites for hydroxylation is 1. The molecular formula is C11H8BrCl2NO2. The van der Waals surface area contributed by atoms with Gasteiger partial charge in [0.25, 0.3) is 0 Å². The van der Waals surface area contributed by atoms with Crippen LogP contribution < -0.4 is 5.32 Å². The average molecular weight is 337 g/mol. The smallest absolute Gasteiger partial charge is 0.245 e. The number of hydrogen-bond acceptors (Lipinski definition) is 2. The SMILES string of the molecule is Cc1cc(Br)c(C2C(=O)NC(=O)C2Cl)cc1Cl. The standard InChI is InChI=1S/C11H8BrCl2NO2/c1-4-2-6(12)5(3-7(4)13)8-9(14)11(17)15-10(8)16/h2-3,8-9H,1H3,(H,15,16,17). The molecule has 1 aromatic carbocycles. The molecule has 0 aliphatic carbocycles. The van der Waals surface area contributed by atoms with Crippen molar-refractivity contribution in [2.24, 2.45) is 0 Å². The van der Waals surface area contributed by atoms with E-state index in [2.05, 4.69) is 21.2 Å². The maximum atomic E-state index is 11.7. The molecule has 1 N–H and O–H groups in total. The molecule has 2 rings (SSSR count). The maximum absolute atomic E-state index is 11.7. The van der Waals surface area contributed by atoms with Crippen LogP contribution in [0.4, 0.5) is 0 Å². The van der Waals surface area contributed by atoms with Crippen LogP contribution in [0.2, 0.25) is 5.02 Å². The van der Waals surface area contributed by atoms with Crippen LogP contribution in [0.3, 0.4) is 0 Å². The van der Waals surface area contributed by atoms with E-state index in [0.29, 0.717) is 10.6 Å². The molecule has 1 fully saturated rings. The van der Waals surface area contributed by atoms with E-state index in [1.54, 1.807) is 12.1 Å². The number of carbonyl (C=O) groups is 2. The molecule has 1 heterocycles. The summed E-state index contributed by atoms with van der Waals surface area (Å²) in [5, 5.41) is 1.85. The van der Waals surface area contributed by atoms with Gasteiger partial charge in [0.05, 0.1) is 5.92 Å². The Hall–Kier alpha value is -0.580. The van der Waals surface area contributed by atoms with Crippen LogP contribution in [0.1, 0.15) is 17.0 Å². The predicted molar refractivity (Wildman–Crippen MR) is 69.4 cm³/mol. The molecule has 0 saturated carbocycles. The molecule has 1 saturated heterocycles. The Balaban J connectivity index is 2.51. The molecule has 3 nitrogen and oxygen atoms in total. The lowest BCUT2D eigenvalue weighted by molar-refractivity contribution is -0.125. The number of amides is 2. The van der Waals surface area contributed by atoms with Gasteiger partial charge in [0.2, 0.25) is 11.8 Å². The molecule has 2 unspecified atom stereocenters. The van der Waals surface area contributed by atoms with Crippen molar-refractivity contribution in [3.8, 4) is 0 Å². The summed E-state index contributed by atoms with van der Waals surface area (Å²) in [6.07, 6.45) is 0. The molecule has 0 radical (unpaired) electrons. The minimum Gasteiger partial charge on any atom is -0.295 e. The molecule has 1 aliphatic heterocycles. The topological polar surface area (TPSA) is 46.2 Å². The average Bonchev–Trinajstić information content (AvgIpc) is 2.48. The maximum Gasteiger partial charge on any atom is 0.245 e. The van der Waals surface area contributed by atoms with Gasteiger partial charge >= 0.3 is 0 Å². The van der Waals surface area contributed by atoms with Crippen LogP contribution in [0, 0.1) is 6.92 Å². The van der Waals surface area contributed by atoms with Gasteiger partial charge in [-0.2, -0.15) is 0 Å². The first-order valence-electron chi connectivity index (χ1n) is 4.86. The van der Waals surface area contributed by atoms with Crippen molar-refractivity contribution in [2.75, 3.05) is 0 Å². The van der Waals surface area contributed by atoms with Gasteiger partial charge in [-0.05, 0) is 30.2 Å². The summed E-state index contributed by atoms with van der Waals surface area (Å²) >= 11 is 15.3. The molecule has 0 aromatic heterocycles. The number of carbonyl (C=O) groups excluding carboxylic acids is 2. The van der Waals surface area contributed by atoms with Gasteiger partial charge in [-0.25, -0.2) is 0 Å². The Morgan fingerprint density at radius 2 is 1.94 bits per heavy atom. The van der Waals surface area contributed by atoms with Gasteiger partial charge in [0.15, 0.2) is 0 Å². The molecule has 0 spiro atoms. The van der Waals surface area contributed by atoms with Gasteiger partial charge in [-0.1, -0.05) is 27.5 Å². The summed E-state index contributed by atoms with van der Waals surface area (Å²) in [6, 6.07) is 3.47. The predicted octanol–water partition coefficient (Wildman–Crippen LogP) is 2.76. The fourth-order valence-electron chi connectivity index (χ4n) is 1.75. The highest BCUT2D eigenvalue weighted by molar-refractivity contribution is 9.10. The number of rotatable bonds is 1. The van der Waals surface area contributed by atoms with Crippen molar-refractivity contribution in [2.45, 2.75) is 18.2 Å². The lowest BCUT2D eigenvalue weighted by atomic mass is 9.96. The number of benzene rings is 1. The molecule has 2 amide bonds. The summed E-state index contributed by atoms with van der Waals surface area (Å²) in [6.45, 7) is 1.86. The molecule has 17 heavy (non-hydrogen) atoms. The molecule has 1 aromatic rings. The minimum absolute atomic E-state index is 0.393. The molecule has 1 aliphatic rings. The van der Waals surface area contributed by atoms with Crippen LogP contribution in [-0.2, 0) is 9.59 Å².